The number of hydrogen-bond acceptors (Lipinski definition) is 4. The number of carbonyl (C=O) groups is 1. The molecule has 0 radical (unpaired) electrons. The third-order valence-corrected chi connectivity index (χ3v) is 6.03. The highest BCUT2D eigenvalue weighted by Gasteiger charge is 2.36. The van der Waals surface area contributed by atoms with Crippen molar-refractivity contribution in [1.82, 2.24) is 14.8 Å². The number of aromatic nitrogens is 3. The van der Waals surface area contributed by atoms with Gasteiger partial charge in [0.1, 0.15) is 6.04 Å². The molecule has 2 aliphatic rings. The van der Waals surface area contributed by atoms with E-state index in [1.165, 1.54) is 0 Å². The molecule has 1 atom stereocenters. The van der Waals surface area contributed by atoms with Crippen molar-refractivity contribution in [3.05, 3.63) is 74.9 Å². The van der Waals surface area contributed by atoms with Crippen molar-refractivity contribution in [2.75, 3.05) is 5.32 Å². The van der Waals surface area contributed by atoms with Crippen LogP contribution in [0.2, 0.25) is 5.02 Å². The first-order valence-corrected chi connectivity index (χ1v) is 10.3. The second-order valence-corrected chi connectivity index (χ2v) is 8.25. The van der Waals surface area contributed by atoms with Gasteiger partial charge in [-0.1, -0.05) is 51.8 Å². The SMILES string of the molecule is O=C1CCCC2=C1[C@@H](c1ccc(Br)cc1)n1nc(-c3ccccc3Cl)nc1N2. The first kappa shape index (κ1) is 17.6. The smallest absolute Gasteiger partial charge is 0.226 e. The highest BCUT2D eigenvalue weighted by molar-refractivity contribution is 9.10. The second-order valence-electron chi connectivity index (χ2n) is 6.93. The highest BCUT2D eigenvalue weighted by Crippen LogP contribution is 2.41. The average molecular weight is 456 g/mol. The lowest BCUT2D eigenvalue weighted by Crippen LogP contribution is -2.31. The maximum atomic E-state index is 12.8. The summed E-state index contributed by atoms with van der Waals surface area (Å²) in [7, 11) is 0. The summed E-state index contributed by atoms with van der Waals surface area (Å²) in [6.45, 7) is 0. The Hall–Kier alpha value is -2.44. The van der Waals surface area contributed by atoms with Crippen LogP contribution in [0, 0.1) is 0 Å². The fourth-order valence-corrected chi connectivity index (χ4v) is 4.35. The zero-order valence-corrected chi connectivity index (χ0v) is 17.2. The predicted octanol–water partition coefficient (Wildman–Crippen LogP) is 5.38. The van der Waals surface area contributed by atoms with Crippen molar-refractivity contribution in [2.24, 2.45) is 0 Å². The van der Waals surface area contributed by atoms with Crippen molar-refractivity contribution in [3.63, 3.8) is 0 Å². The van der Waals surface area contributed by atoms with Gasteiger partial charge in [0, 0.05) is 27.7 Å². The van der Waals surface area contributed by atoms with E-state index in [4.69, 9.17) is 21.7 Å². The number of nitrogens with zero attached hydrogens (tertiary/aromatic N) is 3. The van der Waals surface area contributed by atoms with E-state index in [0.29, 0.717) is 23.2 Å². The molecule has 3 aromatic rings. The number of benzene rings is 2. The maximum absolute atomic E-state index is 12.8. The minimum absolute atomic E-state index is 0.169. The zero-order chi connectivity index (χ0) is 19.3. The average Bonchev–Trinajstić information content (AvgIpc) is 3.11. The summed E-state index contributed by atoms with van der Waals surface area (Å²) >= 11 is 9.84. The summed E-state index contributed by atoms with van der Waals surface area (Å²) in [6.07, 6.45) is 2.25. The Kier molecular flexibility index (Phi) is 4.33. The van der Waals surface area contributed by atoms with Gasteiger partial charge in [-0.15, -0.1) is 5.10 Å². The lowest BCUT2D eigenvalue weighted by atomic mass is 9.85. The molecule has 0 amide bonds. The fraction of sp³-hybridized carbons (Fsp3) is 0.190. The molecule has 7 heteroatoms. The number of nitrogens with one attached hydrogen (secondary N) is 1. The second kappa shape index (κ2) is 6.87. The minimum atomic E-state index is -0.295. The largest absolute Gasteiger partial charge is 0.328 e. The molecule has 1 aliphatic heterocycles. The van der Waals surface area contributed by atoms with E-state index in [1.807, 2.05) is 53.2 Å². The number of Topliss-reactive ketones (excluding diaryl/α,β-unsaturated/α-hetero) is 1. The molecule has 0 spiro atoms. The van der Waals surface area contributed by atoms with Crippen molar-refractivity contribution in [2.45, 2.75) is 25.3 Å². The third-order valence-electron chi connectivity index (χ3n) is 5.17. The van der Waals surface area contributed by atoms with E-state index in [9.17, 15) is 4.79 Å². The summed E-state index contributed by atoms with van der Waals surface area (Å²) in [5.74, 6) is 1.35. The highest BCUT2D eigenvalue weighted by atomic mass is 79.9. The molecule has 140 valence electrons. The molecule has 1 aliphatic carbocycles. The van der Waals surface area contributed by atoms with Crippen molar-refractivity contribution < 1.29 is 4.79 Å². The lowest BCUT2D eigenvalue weighted by Gasteiger charge is -2.32. The van der Waals surface area contributed by atoms with Crippen molar-refractivity contribution >= 4 is 39.3 Å². The normalized spacial score (nSPS) is 18.5. The molecular formula is C21H16BrClN4O. The van der Waals surface area contributed by atoms with Gasteiger partial charge in [-0.3, -0.25) is 4.79 Å². The van der Waals surface area contributed by atoms with Crippen LogP contribution in [-0.2, 0) is 4.79 Å². The van der Waals surface area contributed by atoms with E-state index in [1.54, 1.807) is 0 Å². The number of carbonyl (C=O) groups excluding carboxylic acids is 1. The van der Waals surface area contributed by atoms with Crippen LogP contribution in [0.25, 0.3) is 11.4 Å². The van der Waals surface area contributed by atoms with Gasteiger partial charge >= 0.3 is 0 Å². The van der Waals surface area contributed by atoms with Gasteiger partial charge in [-0.05, 0) is 42.7 Å². The Morgan fingerprint density at radius 3 is 2.68 bits per heavy atom. The maximum Gasteiger partial charge on any atom is 0.226 e. The molecular weight excluding hydrogens is 440 g/mol. The number of allylic oxidation sites excluding steroid dienone is 2. The molecule has 0 unspecified atom stereocenters. The number of halogens is 2. The van der Waals surface area contributed by atoms with Crippen LogP contribution in [0.4, 0.5) is 5.95 Å². The van der Waals surface area contributed by atoms with Crippen LogP contribution in [-0.4, -0.2) is 20.5 Å². The van der Waals surface area contributed by atoms with E-state index in [2.05, 4.69) is 21.2 Å². The van der Waals surface area contributed by atoms with Gasteiger partial charge in [0.15, 0.2) is 11.6 Å². The summed E-state index contributed by atoms with van der Waals surface area (Å²) in [5.41, 5.74) is 3.52. The molecule has 28 heavy (non-hydrogen) atoms. The topological polar surface area (TPSA) is 59.8 Å². The lowest BCUT2D eigenvalue weighted by molar-refractivity contribution is -0.116. The van der Waals surface area contributed by atoms with Crippen molar-refractivity contribution in [3.8, 4) is 11.4 Å². The Balaban J connectivity index is 1.69. The van der Waals surface area contributed by atoms with Gasteiger partial charge in [-0.25, -0.2) is 4.68 Å². The van der Waals surface area contributed by atoms with Gasteiger partial charge in [0.05, 0.1) is 5.02 Å². The number of rotatable bonds is 2. The molecule has 5 rings (SSSR count). The molecule has 5 nitrogen and oxygen atoms in total. The standard InChI is InChI=1S/C21H16BrClN4O/c22-13-10-8-12(9-11-13)19-18-16(6-3-7-17(18)28)24-21-25-20(26-27(19)21)14-4-1-2-5-15(14)23/h1-2,4-5,8-11,19H,3,6-7H2,(H,24,25,26)/t19-/m1/s1. The number of hydrogen-bond donors (Lipinski definition) is 1. The minimum Gasteiger partial charge on any atom is -0.328 e. The van der Waals surface area contributed by atoms with Crippen LogP contribution < -0.4 is 5.32 Å². The first-order valence-electron chi connectivity index (χ1n) is 9.12. The Morgan fingerprint density at radius 2 is 1.89 bits per heavy atom. The molecule has 0 saturated heterocycles. The van der Waals surface area contributed by atoms with E-state index in [0.717, 1.165) is 39.7 Å². The molecule has 1 aromatic heterocycles. The summed E-state index contributed by atoms with van der Waals surface area (Å²) in [5, 5.41) is 8.69. The molecule has 2 aromatic carbocycles. The van der Waals surface area contributed by atoms with E-state index >= 15 is 0 Å². The summed E-state index contributed by atoms with van der Waals surface area (Å²) in [6, 6.07) is 15.2. The van der Waals surface area contributed by atoms with Gasteiger partial charge in [0.25, 0.3) is 0 Å². The number of anilines is 1. The van der Waals surface area contributed by atoms with E-state index in [-0.39, 0.29) is 11.8 Å². The fourth-order valence-electron chi connectivity index (χ4n) is 3.87. The Labute approximate surface area is 175 Å². The zero-order valence-electron chi connectivity index (χ0n) is 14.8. The van der Waals surface area contributed by atoms with Crippen LogP contribution in [0.15, 0.2) is 64.3 Å². The van der Waals surface area contributed by atoms with Crippen molar-refractivity contribution in [1.29, 1.82) is 0 Å². The quantitative estimate of drug-likeness (QED) is 0.563. The van der Waals surface area contributed by atoms with E-state index < -0.39 is 0 Å². The predicted molar refractivity (Wildman–Crippen MR) is 112 cm³/mol. The molecule has 0 bridgehead atoms. The van der Waals surface area contributed by atoms with Crippen LogP contribution in [0.3, 0.4) is 0 Å². The number of fused-ring (bicyclic) bond motifs is 1. The van der Waals surface area contributed by atoms with Crippen LogP contribution >= 0.6 is 27.5 Å². The van der Waals surface area contributed by atoms with Gasteiger partial charge in [-0.2, -0.15) is 4.98 Å². The van der Waals surface area contributed by atoms with Gasteiger partial charge < -0.3 is 5.32 Å². The first-order chi connectivity index (χ1) is 13.6. The molecule has 0 saturated carbocycles. The van der Waals surface area contributed by atoms with Gasteiger partial charge in [0.2, 0.25) is 5.95 Å². The summed E-state index contributed by atoms with van der Waals surface area (Å²) in [4.78, 5) is 17.5. The molecule has 0 fully saturated rings. The van der Waals surface area contributed by atoms with Crippen LogP contribution in [0.1, 0.15) is 30.9 Å². The monoisotopic (exact) mass is 454 g/mol. The molecule has 2 heterocycles. The Bertz CT molecular complexity index is 1120. The Morgan fingerprint density at radius 1 is 1.11 bits per heavy atom. The van der Waals surface area contributed by atoms with Crippen LogP contribution in [0.5, 0.6) is 0 Å². The summed E-state index contributed by atoms with van der Waals surface area (Å²) < 4.78 is 2.80. The molecule has 1 N–H and O–H groups in total. The number of ketones is 1. The third kappa shape index (κ3) is 2.88.